The Morgan fingerprint density at radius 2 is 2.17 bits per heavy atom. The van der Waals surface area contributed by atoms with Gasteiger partial charge in [0.25, 0.3) is 0 Å². The van der Waals surface area contributed by atoms with Crippen LogP contribution in [0.4, 0.5) is 0 Å². The number of hydrogen-bond acceptors (Lipinski definition) is 3. The van der Waals surface area contributed by atoms with Gasteiger partial charge in [0, 0.05) is 31.7 Å². The van der Waals surface area contributed by atoms with Gasteiger partial charge in [-0.25, -0.2) is 0 Å². The molecule has 1 aromatic carbocycles. The summed E-state index contributed by atoms with van der Waals surface area (Å²) < 4.78 is 0. The second-order valence-electron chi connectivity index (χ2n) is 4.97. The molecule has 2 N–H and O–H groups in total. The highest BCUT2D eigenvalue weighted by atomic mass is 16.4. The zero-order chi connectivity index (χ0) is 13.0. The number of carbonyl (C=O) groups is 1. The van der Waals surface area contributed by atoms with Crippen molar-refractivity contribution in [3.63, 3.8) is 0 Å². The first-order valence-electron chi connectivity index (χ1n) is 6.38. The molecule has 0 radical (unpaired) electrons. The van der Waals surface area contributed by atoms with Gasteiger partial charge in [0.05, 0.1) is 6.42 Å². The van der Waals surface area contributed by atoms with Gasteiger partial charge >= 0.3 is 5.97 Å². The molecule has 0 bridgehead atoms. The highest BCUT2D eigenvalue weighted by Crippen LogP contribution is 2.13. The first kappa shape index (κ1) is 13.1. The zero-order valence-electron chi connectivity index (χ0n) is 10.7. The Balaban J connectivity index is 1.95. The minimum atomic E-state index is -0.735. The summed E-state index contributed by atoms with van der Waals surface area (Å²) in [6.07, 6.45) is 0.192. The lowest BCUT2D eigenvalue weighted by atomic mass is 10.1. The number of carboxylic acids is 1. The van der Waals surface area contributed by atoms with E-state index in [4.69, 9.17) is 5.11 Å². The summed E-state index contributed by atoms with van der Waals surface area (Å²) in [5.41, 5.74) is 1.28. The number of carboxylic acid groups (broad SMARTS) is 1. The molecule has 0 saturated carbocycles. The smallest absolute Gasteiger partial charge is 0.304 e. The molecule has 1 aliphatic heterocycles. The van der Waals surface area contributed by atoms with E-state index in [0.29, 0.717) is 6.04 Å². The van der Waals surface area contributed by atoms with Crippen molar-refractivity contribution in [1.82, 2.24) is 10.2 Å². The van der Waals surface area contributed by atoms with Gasteiger partial charge in [-0.15, -0.1) is 0 Å². The summed E-state index contributed by atoms with van der Waals surface area (Å²) in [4.78, 5) is 13.1. The third kappa shape index (κ3) is 3.55. The summed E-state index contributed by atoms with van der Waals surface area (Å²) in [5.74, 6) is -0.735. The van der Waals surface area contributed by atoms with E-state index in [-0.39, 0.29) is 12.5 Å². The van der Waals surface area contributed by atoms with Gasteiger partial charge in [-0.3, -0.25) is 9.69 Å². The maximum absolute atomic E-state index is 10.8. The molecule has 1 fully saturated rings. The fourth-order valence-electron chi connectivity index (χ4n) is 2.38. The van der Waals surface area contributed by atoms with Crippen LogP contribution in [0, 0.1) is 0 Å². The Morgan fingerprint density at radius 1 is 1.44 bits per heavy atom. The summed E-state index contributed by atoms with van der Waals surface area (Å²) in [7, 11) is 0. The largest absolute Gasteiger partial charge is 0.481 e. The maximum Gasteiger partial charge on any atom is 0.304 e. The van der Waals surface area contributed by atoms with Crippen LogP contribution in [-0.4, -0.2) is 41.1 Å². The normalized spacial score (nSPS) is 24.9. The van der Waals surface area contributed by atoms with E-state index >= 15 is 0 Å². The molecule has 0 amide bonds. The Morgan fingerprint density at radius 3 is 2.83 bits per heavy atom. The van der Waals surface area contributed by atoms with Gasteiger partial charge in [-0.05, 0) is 12.5 Å². The van der Waals surface area contributed by atoms with Crippen LogP contribution in [0.5, 0.6) is 0 Å². The van der Waals surface area contributed by atoms with Gasteiger partial charge in [0.2, 0.25) is 0 Å². The topological polar surface area (TPSA) is 52.6 Å². The van der Waals surface area contributed by atoms with Crippen molar-refractivity contribution in [2.45, 2.75) is 32.0 Å². The molecule has 2 atom stereocenters. The van der Waals surface area contributed by atoms with Crippen LogP contribution in [0.25, 0.3) is 0 Å². The fourth-order valence-corrected chi connectivity index (χ4v) is 2.38. The number of piperazine rings is 1. The van der Waals surface area contributed by atoms with Gasteiger partial charge in [-0.1, -0.05) is 30.3 Å². The Kier molecular flexibility index (Phi) is 4.33. The van der Waals surface area contributed by atoms with E-state index in [1.807, 2.05) is 18.2 Å². The van der Waals surface area contributed by atoms with Crippen molar-refractivity contribution < 1.29 is 9.90 Å². The van der Waals surface area contributed by atoms with E-state index in [1.54, 1.807) is 0 Å². The predicted octanol–water partition coefficient (Wildman–Crippen LogP) is 1.32. The quantitative estimate of drug-likeness (QED) is 0.844. The molecule has 0 spiro atoms. The zero-order valence-corrected chi connectivity index (χ0v) is 10.7. The second-order valence-corrected chi connectivity index (χ2v) is 4.97. The van der Waals surface area contributed by atoms with Crippen molar-refractivity contribution in [2.24, 2.45) is 0 Å². The van der Waals surface area contributed by atoms with Gasteiger partial charge in [0.15, 0.2) is 0 Å². The lowest BCUT2D eigenvalue weighted by molar-refractivity contribution is -0.138. The number of hydrogen-bond donors (Lipinski definition) is 2. The van der Waals surface area contributed by atoms with E-state index in [2.05, 4.69) is 29.3 Å². The third-order valence-corrected chi connectivity index (χ3v) is 3.43. The van der Waals surface area contributed by atoms with Crippen LogP contribution in [0.3, 0.4) is 0 Å². The van der Waals surface area contributed by atoms with Crippen LogP contribution < -0.4 is 5.32 Å². The molecule has 0 unspecified atom stereocenters. The van der Waals surface area contributed by atoms with Crippen molar-refractivity contribution in [1.29, 1.82) is 0 Å². The molecular formula is C14H20N2O2. The van der Waals surface area contributed by atoms with Crippen molar-refractivity contribution >= 4 is 5.97 Å². The molecule has 1 saturated heterocycles. The third-order valence-electron chi connectivity index (χ3n) is 3.43. The van der Waals surface area contributed by atoms with Crippen molar-refractivity contribution in [3.05, 3.63) is 35.9 Å². The van der Waals surface area contributed by atoms with E-state index in [0.717, 1.165) is 19.6 Å². The molecule has 1 aliphatic rings. The molecule has 1 aromatic rings. The van der Waals surface area contributed by atoms with Crippen molar-refractivity contribution in [2.75, 3.05) is 13.1 Å². The summed E-state index contributed by atoms with van der Waals surface area (Å²) in [5, 5.41) is 12.1. The predicted molar refractivity (Wildman–Crippen MR) is 70.4 cm³/mol. The number of rotatable bonds is 4. The molecule has 4 heteroatoms. The van der Waals surface area contributed by atoms with E-state index in [1.165, 1.54) is 5.56 Å². The standard InChI is InChI=1S/C14H20N2O2/c1-11-8-15-13(7-14(17)18)10-16(11)9-12-5-3-2-4-6-12/h2-6,11,13,15H,7-10H2,1H3,(H,17,18)/t11-,13+/m0/s1. The molecule has 98 valence electrons. The SMILES string of the molecule is C[C@H]1CN[C@H](CC(=O)O)CN1Cc1ccccc1. The lowest BCUT2D eigenvalue weighted by Crippen LogP contribution is -2.55. The molecular weight excluding hydrogens is 228 g/mol. The minimum Gasteiger partial charge on any atom is -0.481 e. The minimum absolute atomic E-state index is 0.0578. The van der Waals surface area contributed by atoms with Crippen LogP contribution in [0.2, 0.25) is 0 Å². The summed E-state index contributed by atoms with van der Waals surface area (Å²) >= 11 is 0. The average molecular weight is 248 g/mol. The first-order chi connectivity index (χ1) is 8.65. The van der Waals surface area contributed by atoms with E-state index in [9.17, 15) is 4.79 Å². The van der Waals surface area contributed by atoms with Crippen LogP contribution in [-0.2, 0) is 11.3 Å². The highest BCUT2D eigenvalue weighted by molar-refractivity contribution is 5.67. The molecule has 4 nitrogen and oxygen atoms in total. The molecule has 1 heterocycles. The summed E-state index contributed by atoms with van der Waals surface area (Å²) in [6, 6.07) is 10.8. The van der Waals surface area contributed by atoms with Gasteiger partial charge in [-0.2, -0.15) is 0 Å². The number of benzene rings is 1. The molecule has 0 aliphatic carbocycles. The molecule has 2 rings (SSSR count). The number of nitrogens with one attached hydrogen (secondary N) is 1. The monoisotopic (exact) mass is 248 g/mol. The Labute approximate surface area is 108 Å². The van der Waals surface area contributed by atoms with Crippen LogP contribution in [0.15, 0.2) is 30.3 Å². The maximum atomic E-state index is 10.8. The average Bonchev–Trinajstić information content (AvgIpc) is 2.34. The summed E-state index contributed by atoms with van der Waals surface area (Å²) in [6.45, 7) is 4.71. The number of aliphatic carboxylic acids is 1. The van der Waals surface area contributed by atoms with E-state index < -0.39 is 5.97 Å². The second kappa shape index (κ2) is 5.98. The fraction of sp³-hybridized carbons (Fsp3) is 0.500. The van der Waals surface area contributed by atoms with Crippen molar-refractivity contribution in [3.8, 4) is 0 Å². The van der Waals surface area contributed by atoms with Crippen LogP contribution in [0.1, 0.15) is 18.9 Å². The Bertz CT molecular complexity index is 394. The highest BCUT2D eigenvalue weighted by Gasteiger charge is 2.26. The molecule has 0 aromatic heterocycles. The Hall–Kier alpha value is -1.39. The van der Waals surface area contributed by atoms with Crippen LogP contribution >= 0.6 is 0 Å². The molecule has 18 heavy (non-hydrogen) atoms. The lowest BCUT2D eigenvalue weighted by Gasteiger charge is -2.38. The number of nitrogens with zero attached hydrogens (tertiary/aromatic N) is 1. The first-order valence-corrected chi connectivity index (χ1v) is 6.38. The van der Waals surface area contributed by atoms with Gasteiger partial charge in [0.1, 0.15) is 0 Å². The van der Waals surface area contributed by atoms with Gasteiger partial charge < -0.3 is 10.4 Å².